The van der Waals surface area contributed by atoms with Crippen LogP contribution in [0, 0.1) is 12.8 Å². The largest absolute Gasteiger partial charge is 0.483 e. The number of amides is 2. The highest BCUT2D eigenvalue weighted by Gasteiger charge is 2.28. The number of aryl methyl sites for hydroxylation is 1. The summed E-state index contributed by atoms with van der Waals surface area (Å²) in [6.45, 7) is -0.145. The summed E-state index contributed by atoms with van der Waals surface area (Å²) < 4.78 is 31.3. The molecule has 3 heterocycles. The Hall–Kier alpha value is -5.15. The van der Waals surface area contributed by atoms with Crippen molar-refractivity contribution in [2.24, 2.45) is 11.7 Å². The van der Waals surface area contributed by atoms with E-state index >= 15 is 0 Å². The molecule has 15 heteroatoms. The van der Waals surface area contributed by atoms with Gasteiger partial charge in [-0.2, -0.15) is 8.78 Å². The fourth-order valence-corrected chi connectivity index (χ4v) is 5.11. The summed E-state index contributed by atoms with van der Waals surface area (Å²) in [5.74, 6) is 0.144. The van der Waals surface area contributed by atoms with Crippen molar-refractivity contribution in [1.82, 2.24) is 24.6 Å². The molecule has 46 heavy (non-hydrogen) atoms. The first-order valence-electron chi connectivity index (χ1n) is 14.4. The molecule has 13 nitrogen and oxygen atoms in total. The number of nitrogens with zero attached hydrogens (tertiary/aromatic N) is 4. The van der Waals surface area contributed by atoms with Crippen molar-refractivity contribution in [3.63, 3.8) is 0 Å². The normalized spacial score (nSPS) is 13.9. The van der Waals surface area contributed by atoms with Crippen molar-refractivity contribution in [3.8, 4) is 17.0 Å². The minimum absolute atomic E-state index is 0.0707. The van der Waals surface area contributed by atoms with E-state index < -0.39 is 12.7 Å². The van der Waals surface area contributed by atoms with E-state index in [4.69, 9.17) is 15.6 Å². The molecule has 0 spiro atoms. The van der Waals surface area contributed by atoms with Crippen LogP contribution in [0.4, 0.5) is 20.3 Å². The van der Waals surface area contributed by atoms with Crippen LogP contribution >= 0.6 is 0 Å². The van der Waals surface area contributed by atoms with Crippen molar-refractivity contribution in [2.75, 3.05) is 31.5 Å². The molecule has 4 aromatic rings. The summed E-state index contributed by atoms with van der Waals surface area (Å²) in [5.41, 5.74) is 9.54. The molecule has 5 rings (SSSR count). The highest BCUT2D eigenvalue weighted by Crippen LogP contribution is 2.28. The number of rotatable bonds is 10. The minimum atomic E-state index is -2.89. The number of nitrogens with two attached hydrogens (primary N) is 1. The van der Waals surface area contributed by atoms with Crippen LogP contribution in [0.3, 0.4) is 0 Å². The molecule has 0 bridgehead atoms. The van der Waals surface area contributed by atoms with Crippen LogP contribution in [0.2, 0.25) is 0 Å². The highest BCUT2D eigenvalue weighted by molar-refractivity contribution is 5.96. The van der Waals surface area contributed by atoms with Crippen molar-refractivity contribution in [3.05, 3.63) is 72.2 Å². The fraction of sp³-hybridized carbons (Fsp3) is 0.323. The van der Waals surface area contributed by atoms with Crippen LogP contribution in [0.25, 0.3) is 16.9 Å². The number of aliphatic hydroxyl groups is 1. The number of fused-ring (bicyclic) bond motifs is 1. The molecule has 1 aliphatic heterocycles. The number of piperidine rings is 1. The van der Waals surface area contributed by atoms with E-state index in [2.05, 4.69) is 25.3 Å². The summed E-state index contributed by atoms with van der Waals surface area (Å²) in [6, 6.07) is 11.8. The number of hydrogen-bond donors (Lipinski definition) is 5. The quantitative estimate of drug-likeness (QED) is 0.162. The van der Waals surface area contributed by atoms with Gasteiger partial charge in [-0.1, -0.05) is 0 Å². The Labute approximate surface area is 263 Å². The number of anilines is 2. The van der Waals surface area contributed by atoms with E-state index in [0.717, 1.165) is 22.5 Å². The van der Waals surface area contributed by atoms with Crippen molar-refractivity contribution < 1.29 is 38.1 Å². The fourth-order valence-electron chi connectivity index (χ4n) is 5.11. The zero-order valence-corrected chi connectivity index (χ0v) is 25.0. The number of hydrogen-bond acceptors (Lipinski definition) is 9. The van der Waals surface area contributed by atoms with Gasteiger partial charge < -0.3 is 36.2 Å². The highest BCUT2D eigenvalue weighted by atomic mass is 19.3. The first-order chi connectivity index (χ1) is 22.1. The van der Waals surface area contributed by atoms with Gasteiger partial charge in [-0.05, 0) is 67.8 Å². The molecule has 2 aromatic carbocycles. The Kier molecular flexibility index (Phi) is 11.5. The Bertz CT molecular complexity index is 1640. The van der Waals surface area contributed by atoms with Crippen molar-refractivity contribution in [2.45, 2.75) is 32.5 Å². The molecular formula is C31H35F2N7O6. The standard InChI is InChI=1S/C30H33F2N7O4.CH2O2/c1-18-14-21(4-7-24(18)29(42)38-11-8-20(9-12-38)28(41)36-16-22(40)15-33)37-26-27-35-17-25(39(27)13-10-34-26)19-2-5-23(6-3-19)43-30(31)32;2-1-3/h2-7,10,13-14,17,20,22,30,40H,8-9,11-12,15-16,33H2,1H3,(H,34,37)(H,36,41);1H,(H,2,3)/t22-;/m0./s1. The number of carbonyl (C=O) groups excluding carboxylic acids is 2. The lowest BCUT2D eigenvalue weighted by Crippen LogP contribution is -2.45. The van der Waals surface area contributed by atoms with Crippen LogP contribution in [0.5, 0.6) is 5.75 Å². The van der Waals surface area contributed by atoms with Gasteiger partial charge in [0.25, 0.3) is 12.4 Å². The van der Waals surface area contributed by atoms with Gasteiger partial charge >= 0.3 is 6.61 Å². The predicted molar refractivity (Wildman–Crippen MR) is 165 cm³/mol. The van der Waals surface area contributed by atoms with Gasteiger partial charge in [-0.25, -0.2) is 9.97 Å². The second-order valence-electron chi connectivity index (χ2n) is 10.5. The predicted octanol–water partition coefficient (Wildman–Crippen LogP) is 3.04. The molecule has 1 atom stereocenters. The van der Waals surface area contributed by atoms with E-state index in [-0.39, 0.29) is 43.0 Å². The maximum absolute atomic E-state index is 13.3. The molecule has 1 fully saturated rings. The number of benzene rings is 2. The molecule has 2 aromatic heterocycles. The molecule has 1 aliphatic rings. The van der Waals surface area contributed by atoms with E-state index in [1.807, 2.05) is 17.4 Å². The van der Waals surface area contributed by atoms with Gasteiger partial charge in [-0.15, -0.1) is 0 Å². The van der Waals surface area contributed by atoms with E-state index in [1.165, 1.54) is 12.1 Å². The number of aromatic nitrogens is 3. The van der Waals surface area contributed by atoms with E-state index in [9.17, 15) is 23.5 Å². The molecule has 0 aliphatic carbocycles. The SMILES string of the molecule is Cc1cc(Nc2nccn3c(-c4ccc(OC(F)F)cc4)cnc23)ccc1C(=O)N1CCC(C(=O)NC[C@@H](O)CN)CC1.O=CO. The van der Waals surface area contributed by atoms with Crippen LogP contribution in [0.15, 0.2) is 61.1 Å². The first-order valence-corrected chi connectivity index (χ1v) is 14.4. The maximum Gasteiger partial charge on any atom is 0.387 e. The summed E-state index contributed by atoms with van der Waals surface area (Å²) >= 11 is 0. The zero-order valence-electron chi connectivity index (χ0n) is 25.0. The Morgan fingerprint density at radius 3 is 2.48 bits per heavy atom. The average Bonchev–Trinajstić information content (AvgIpc) is 3.49. The molecule has 0 unspecified atom stereocenters. The average molecular weight is 640 g/mol. The van der Waals surface area contributed by atoms with E-state index in [0.29, 0.717) is 43.0 Å². The molecular weight excluding hydrogens is 604 g/mol. The van der Waals surface area contributed by atoms with Gasteiger partial charge in [0.05, 0.1) is 18.0 Å². The zero-order chi connectivity index (χ0) is 33.2. The monoisotopic (exact) mass is 639 g/mol. The van der Waals surface area contributed by atoms with Gasteiger partial charge in [0.1, 0.15) is 5.75 Å². The third-order valence-electron chi connectivity index (χ3n) is 7.46. The lowest BCUT2D eigenvalue weighted by atomic mass is 9.95. The molecule has 2 amide bonds. The Balaban J connectivity index is 0.00000154. The van der Waals surface area contributed by atoms with Gasteiger partial charge in [-0.3, -0.25) is 18.8 Å². The minimum Gasteiger partial charge on any atom is -0.483 e. The molecule has 0 saturated carbocycles. The first kappa shape index (κ1) is 33.7. The second kappa shape index (κ2) is 15.7. The number of imidazole rings is 1. The van der Waals surface area contributed by atoms with Crippen molar-refractivity contribution >= 4 is 35.4 Å². The maximum atomic E-state index is 13.3. The van der Waals surface area contributed by atoms with Gasteiger partial charge in [0.2, 0.25) is 5.91 Å². The van der Waals surface area contributed by atoms with Gasteiger partial charge in [0, 0.05) is 61.3 Å². The molecule has 0 radical (unpaired) electrons. The topological polar surface area (TPSA) is 184 Å². The smallest absolute Gasteiger partial charge is 0.387 e. The summed E-state index contributed by atoms with van der Waals surface area (Å²) in [6.07, 6.45) is 5.39. The number of likely N-dealkylation sites (tertiary alicyclic amines) is 1. The lowest BCUT2D eigenvalue weighted by Gasteiger charge is -2.32. The number of carbonyl (C=O) groups is 3. The number of nitrogens with one attached hydrogen (secondary N) is 2. The Morgan fingerprint density at radius 2 is 1.85 bits per heavy atom. The Morgan fingerprint density at radius 1 is 1.15 bits per heavy atom. The summed E-state index contributed by atoms with van der Waals surface area (Å²) in [5, 5.41) is 22.5. The number of aliphatic hydroxyl groups excluding tert-OH is 1. The summed E-state index contributed by atoms with van der Waals surface area (Å²) in [7, 11) is 0. The second-order valence-corrected chi connectivity index (χ2v) is 10.5. The van der Waals surface area contributed by atoms with Crippen LogP contribution in [-0.4, -0.2) is 86.7 Å². The third kappa shape index (κ3) is 8.31. The third-order valence-corrected chi connectivity index (χ3v) is 7.46. The molecule has 6 N–H and O–H groups in total. The van der Waals surface area contributed by atoms with E-state index in [1.54, 1.807) is 47.8 Å². The lowest BCUT2D eigenvalue weighted by molar-refractivity contribution is -0.126. The summed E-state index contributed by atoms with van der Waals surface area (Å²) in [4.78, 5) is 44.8. The van der Waals surface area contributed by atoms with Crippen molar-refractivity contribution in [1.29, 1.82) is 0 Å². The number of ether oxygens (including phenoxy) is 1. The van der Waals surface area contributed by atoms with Gasteiger partial charge in [0.15, 0.2) is 11.5 Å². The molecule has 244 valence electrons. The van der Waals surface area contributed by atoms with Crippen LogP contribution < -0.4 is 21.1 Å². The number of alkyl halides is 2. The number of halogens is 2. The van der Waals surface area contributed by atoms with Crippen LogP contribution in [0.1, 0.15) is 28.8 Å². The molecule has 1 saturated heterocycles. The van der Waals surface area contributed by atoms with Crippen LogP contribution in [-0.2, 0) is 9.59 Å². The number of carboxylic acid groups (broad SMARTS) is 1.